The molecule has 22 heavy (non-hydrogen) atoms. The lowest BCUT2D eigenvalue weighted by Crippen LogP contribution is -2.70. The maximum Gasteiger partial charge on any atom is 0.408 e. The number of alkyl halides is 3. The summed E-state index contributed by atoms with van der Waals surface area (Å²) >= 11 is 17.7. The van der Waals surface area contributed by atoms with Gasteiger partial charge in [0.1, 0.15) is 12.6 Å². The van der Waals surface area contributed by atoms with Gasteiger partial charge in [0.25, 0.3) is 0 Å². The Morgan fingerprint density at radius 1 is 1.55 bits per heavy atom. The van der Waals surface area contributed by atoms with Crippen molar-refractivity contribution in [1.29, 1.82) is 0 Å². The molecule has 9 nitrogen and oxygen atoms in total. The first-order valence-corrected chi connectivity index (χ1v) is 8.04. The molecule has 0 spiro atoms. The van der Waals surface area contributed by atoms with Crippen molar-refractivity contribution in [3.05, 3.63) is 0 Å². The fourth-order valence-corrected chi connectivity index (χ4v) is 2.66. The maximum absolute atomic E-state index is 11.5. The molecule has 1 aromatic rings. The molecule has 0 saturated carbocycles. The summed E-state index contributed by atoms with van der Waals surface area (Å²) in [6, 6.07) is -0.980. The van der Waals surface area contributed by atoms with Crippen LogP contribution >= 0.6 is 46.6 Å². The Labute approximate surface area is 144 Å². The second-order valence-electron chi connectivity index (χ2n) is 4.32. The van der Waals surface area contributed by atoms with Gasteiger partial charge in [0, 0.05) is 12.8 Å². The van der Waals surface area contributed by atoms with Crippen molar-refractivity contribution < 1.29 is 14.3 Å². The van der Waals surface area contributed by atoms with Crippen molar-refractivity contribution in [3.63, 3.8) is 0 Å². The van der Waals surface area contributed by atoms with Gasteiger partial charge in [-0.25, -0.2) is 9.48 Å². The summed E-state index contributed by atoms with van der Waals surface area (Å²) in [7, 11) is 1.70. The topological polar surface area (TPSA) is 111 Å². The number of hydrogen-bond acceptors (Lipinski definition) is 7. The lowest BCUT2D eigenvalue weighted by Gasteiger charge is -2.36. The van der Waals surface area contributed by atoms with E-state index in [0.29, 0.717) is 10.9 Å². The molecule has 1 aromatic heterocycles. The van der Waals surface area contributed by atoms with E-state index in [2.05, 4.69) is 26.2 Å². The fraction of sp³-hybridized carbons (Fsp3) is 0.667. The second-order valence-corrected chi connectivity index (χ2v) is 7.83. The molecule has 2 heterocycles. The Balaban J connectivity index is 1.78. The van der Waals surface area contributed by atoms with Gasteiger partial charge in [0.2, 0.25) is 14.9 Å². The van der Waals surface area contributed by atoms with Crippen molar-refractivity contribution in [3.8, 4) is 0 Å². The van der Waals surface area contributed by atoms with E-state index in [-0.39, 0.29) is 11.9 Å². The third-order valence-electron chi connectivity index (χ3n) is 2.63. The molecule has 2 unspecified atom stereocenters. The number of nitrogens with one attached hydrogen (secondary N) is 2. The van der Waals surface area contributed by atoms with Crippen LogP contribution in [0.4, 0.5) is 4.79 Å². The third-order valence-corrected chi connectivity index (χ3v) is 4.08. The van der Waals surface area contributed by atoms with Gasteiger partial charge in [-0.1, -0.05) is 46.6 Å². The molecule has 1 fully saturated rings. The SMILES string of the molecule is Cn1nnnc1SCC1NC(=O)C1NC(=O)OCC(Cl)(Cl)Cl. The molecule has 122 valence electrons. The number of carbonyl (C=O) groups is 2. The summed E-state index contributed by atoms with van der Waals surface area (Å²) < 4.78 is 4.51. The minimum absolute atomic E-state index is 0.269. The summed E-state index contributed by atoms with van der Waals surface area (Å²) in [5.41, 5.74) is 0. The van der Waals surface area contributed by atoms with Crippen LogP contribution in [0.1, 0.15) is 0 Å². The molecular weight excluding hydrogens is 379 g/mol. The van der Waals surface area contributed by atoms with Crippen molar-refractivity contribution in [2.24, 2.45) is 7.05 Å². The highest BCUT2D eigenvalue weighted by molar-refractivity contribution is 7.99. The van der Waals surface area contributed by atoms with Crippen molar-refractivity contribution in [1.82, 2.24) is 30.8 Å². The fourth-order valence-electron chi connectivity index (χ4n) is 1.57. The first-order chi connectivity index (χ1) is 10.3. The first-order valence-electron chi connectivity index (χ1n) is 5.92. The number of carbonyl (C=O) groups excluding carboxylic acids is 2. The summed E-state index contributed by atoms with van der Waals surface area (Å²) in [4.78, 5) is 23.0. The van der Waals surface area contributed by atoms with Gasteiger partial charge < -0.3 is 15.4 Å². The van der Waals surface area contributed by atoms with Crippen LogP contribution in [0.15, 0.2) is 5.16 Å². The number of aryl methyl sites for hydroxylation is 1. The summed E-state index contributed by atoms with van der Waals surface area (Å²) in [6.45, 7) is -0.415. The van der Waals surface area contributed by atoms with E-state index >= 15 is 0 Å². The molecular formula is C9H11Cl3N6O3S. The minimum atomic E-state index is -1.70. The molecule has 2 rings (SSSR count). The highest BCUT2D eigenvalue weighted by Crippen LogP contribution is 2.26. The molecule has 1 aliphatic heterocycles. The highest BCUT2D eigenvalue weighted by atomic mass is 35.6. The Morgan fingerprint density at radius 3 is 2.82 bits per heavy atom. The maximum atomic E-state index is 11.5. The van der Waals surface area contributed by atoms with E-state index in [4.69, 9.17) is 39.5 Å². The molecule has 0 radical (unpaired) electrons. The van der Waals surface area contributed by atoms with Crippen LogP contribution in [0.2, 0.25) is 0 Å². The average molecular weight is 390 g/mol. The molecule has 0 aliphatic carbocycles. The van der Waals surface area contributed by atoms with E-state index in [1.807, 2.05) is 0 Å². The smallest absolute Gasteiger partial charge is 0.408 e. The van der Waals surface area contributed by atoms with Crippen LogP contribution in [0.25, 0.3) is 0 Å². The van der Waals surface area contributed by atoms with E-state index in [1.54, 1.807) is 7.05 Å². The summed E-state index contributed by atoms with van der Waals surface area (Å²) in [5.74, 6) is 0.169. The number of alkyl carbamates (subject to hydrolysis) is 1. The molecule has 0 bridgehead atoms. The van der Waals surface area contributed by atoms with E-state index in [0.717, 1.165) is 0 Å². The molecule has 1 saturated heterocycles. The molecule has 2 atom stereocenters. The van der Waals surface area contributed by atoms with Crippen LogP contribution in [0.3, 0.4) is 0 Å². The molecule has 2 amide bonds. The van der Waals surface area contributed by atoms with Crippen LogP contribution in [-0.4, -0.2) is 60.4 Å². The number of thioether (sulfide) groups is 1. The number of amides is 2. The minimum Gasteiger partial charge on any atom is -0.445 e. The average Bonchev–Trinajstić information content (AvgIpc) is 2.83. The van der Waals surface area contributed by atoms with Crippen LogP contribution in [0.5, 0.6) is 0 Å². The lowest BCUT2D eigenvalue weighted by atomic mass is 10.0. The Morgan fingerprint density at radius 2 is 2.27 bits per heavy atom. The third kappa shape index (κ3) is 4.77. The van der Waals surface area contributed by atoms with Gasteiger partial charge in [0.05, 0.1) is 6.04 Å². The predicted octanol–water partition coefficient (Wildman–Crippen LogP) is 0.266. The number of hydrogen-bond donors (Lipinski definition) is 2. The van der Waals surface area contributed by atoms with Crippen molar-refractivity contribution in [2.75, 3.05) is 12.4 Å². The number of tetrazole rings is 1. The largest absolute Gasteiger partial charge is 0.445 e. The van der Waals surface area contributed by atoms with Crippen molar-refractivity contribution in [2.45, 2.75) is 21.0 Å². The van der Waals surface area contributed by atoms with Gasteiger partial charge in [-0.3, -0.25) is 4.79 Å². The zero-order chi connectivity index (χ0) is 16.3. The number of halogens is 3. The van der Waals surface area contributed by atoms with Gasteiger partial charge >= 0.3 is 6.09 Å². The molecule has 2 N–H and O–H groups in total. The molecule has 1 aliphatic rings. The molecule has 0 aromatic carbocycles. The molecule has 13 heteroatoms. The highest BCUT2D eigenvalue weighted by Gasteiger charge is 2.41. The normalized spacial score (nSPS) is 21.0. The monoisotopic (exact) mass is 388 g/mol. The van der Waals surface area contributed by atoms with Crippen molar-refractivity contribution >= 4 is 58.6 Å². The van der Waals surface area contributed by atoms with Gasteiger partial charge in [-0.2, -0.15) is 0 Å². The predicted molar refractivity (Wildman–Crippen MR) is 80.0 cm³/mol. The van der Waals surface area contributed by atoms with Gasteiger partial charge in [0.15, 0.2) is 0 Å². The Bertz CT molecular complexity index is 565. The van der Waals surface area contributed by atoms with E-state index < -0.39 is 22.5 Å². The van der Waals surface area contributed by atoms with Crippen LogP contribution in [-0.2, 0) is 16.6 Å². The number of rotatable bonds is 5. The summed E-state index contributed by atoms with van der Waals surface area (Å²) in [5, 5.41) is 16.7. The van der Waals surface area contributed by atoms with Crippen LogP contribution < -0.4 is 10.6 Å². The van der Waals surface area contributed by atoms with Gasteiger partial charge in [-0.05, 0) is 10.4 Å². The standard InChI is InChI=1S/C9H11Cl3N6O3S/c1-18-7(15-16-17-18)22-2-4-5(6(19)13-4)14-8(20)21-3-9(10,11)12/h4-5H,2-3H2,1H3,(H,13,19)(H,14,20). The zero-order valence-corrected chi connectivity index (χ0v) is 14.2. The lowest BCUT2D eigenvalue weighted by molar-refractivity contribution is -0.130. The number of β-lactam (4-membered cyclic amide) rings is 1. The van der Waals surface area contributed by atoms with E-state index in [9.17, 15) is 9.59 Å². The summed E-state index contributed by atoms with van der Waals surface area (Å²) in [6.07, 6.45) is -0.832. The number of ether oxygens (including phenoxy) is 1. The first kappa shape index (κ1) is 17.4. The quantitative estimate of drug-likeness (QED) is 0.422. The number of nitrogens with zero attached hydrogens (tertiary/aromatic N) is 4. The van der Waals surface area contributed by atoms with Crippen LogP contribution in [0, 0.1) is 0 Å². The Hall–Kier alpha value is -0.970. The zero-order valence-electron chi connectivity index (χ0n) is 11.1. The van der Waals surface area contributed by atoms with Gasteiger partial charge in [-0.15, -0.1) is 5.10 Å². The van der Waals surface area contributed by atoms with E-state index in [1.165, 1.54) is 16.4 Å². The second kappa shape index (κ2) is 7.07. The number of aromatic nitrogens is 4. The Kier molecular flexibility index (Phi) is 5.59.